The van der Waals surface area contributed by atoms with Crippen LogP contribution in [0.2, 0.25) is 10.0 Å². The fourth-order valence-electron chi connectivity index (χ4n) is 4.99. The van der Waals surface area contributed by atoms with Gasteiger partial charge in [0.1, 0.15) is 5.78 Å². The van der Waals surface area contributed by atoms with Gasteiger partial charge in [-0.25, -0.2) is 4.79 Å². The number of benzene rings is 1. The number of Topliss-reactive ketones (excluding diaryl/α,β-unsaturated/α-hetero) is 1. The van der Waals surface area contributed by atoms with Crippen LogP contribution in [-0.2, 0) is 22.4 Å². The van der Waals surface area contributed by atoms with Crippen LogP contribution in [0.15, 0.2) is 35.6 Å². The number of carboxylic acids is 1. The van der Waals surface area contributed by atoms with E-state index in [2.05, 4.69) is 16.9 Å². The van der Waals surface area contributed by atoms with Gasteiger partial charge in [-0.05, 0) is 42.4 Å². The number of hydrogen-bond donors (Lipinski definition) is 1. The molecule has 1 aromatic carbocycles. The Hall–Kier alpha value is -2.77. The summed E-state index contributed by atoms with van der Waals surface area (Å²) in [4.78, 5) is 47.3. The summed E-state index contributed by atoms with van der Waals surface area (Å²) in [5.74, 6) is -0.927. The number of aromatic nitrogens is 1. The van der Waals surface area contributed by atoms with Gasteiger partial charge in [-0.3, -0.25) is 19.6 Å². The SMILES string of the molecule is CCCC1CC(=O)CC(=NC(Cc2ccc3c(c2)CCN3C(=O)c2c(Cl)cncc2Cl)C(=O)O)C1. The third-order valence-corrected chi connectivity index (χ3v) is 7.12. The van der Waals surface area contributed by atoms with Crippen molar-refractivity contribution >= 4 is 52.3 Å². The van der Waals surface area contributed by atoms with Crippen molar-refractivity contribution in [1.29, 1.82) is 0 Å². The summed E-state index contributed by atoms with van der Waals surface area (Å²) < 4.78 is 0. The highest BCUT2D eigenvalue weighted by molar-refractivity contribution is 6.40. The van der Waals surface area contributed by atoms with E-state index < -0.39 is 12.0 Å². The molecule has 9 heteroatoms. The van der Waals surface area contributed by atoms with E-state index in [0.29, 0.717) is 31.5 Å². The number of ketones is 1. The van der Waals surface area contributed by atoms with Crippen molar-refractivity contribution in [2.75, 3.05) is 11.4 Å². The summed E-state index contributed by atoms with van der Waals surface area (Å²) in [5.41, 5.74) is 3.43. The van der Waals surface area contributed by atoms with Crippen molar-refractivity contribution in [1.82, 2.24) is 4.98 Å². The number of nitrogens with zero attached hydrogens (tertiary/aromatic N) is 3. The summed E-state index contributed by atoms with van der Waals surface area (Å²) in [6.45, 7) is 2.55. The highest BCUT2D eigenvalue weighted by atomic mass is 35.5. The number of pyridine rings is 1. The van der Waals surface area contributed by atoms with Gasteiger partial charge in [0.05, 0.1) is 15.6 Å². The van der Waals surface area contributed by atoms with Gasteiger partial charge >= 0.3 is 5.97 Å². The van der Waals surface area contributed by atoms with Crippen molar-refractivity contribution in [2.24, 2.45) is 10.9 Å². The van der Waals surface area contributed by atoms with Crippen molar-refractivity contribution in [3.63, 3.8) is 0 Å². The molecule has 2 atom stereocenters. The third kappa shape index (κ3) is 5.73. The smallest absolute Gasteiger partial charge is 0.328 e. The predicted octanol–water partition coefficient (Wildman–Crippen LogP) is 5.20. The monoisotopic (exact) mass is 515 g/mol. The molecule has 0 saturated heterocycles. The Morgan fingerprint density at radius 1 is 1.23 bits per heavy atom. The zero-order chi connectivity index (χ0) is 25.1. The molecule has 2 unspecified atom stereocenters. The summed E-state index contributed by atoms with van der Waals surface area (Å²) in [5, 5.41) is 10.2. The van der Waals surface area contributed by atoms with Gasteiger partial charge in [0.15, 0.2) is 6.04 Å². The lowest BCUT2D eigenvalue weighted by Gasteiger charge is -2.23. The number of anilines is 1. The lowest BCUT2D eigenvalue weighted by Crippen LogP contribution is -2.29. The molecule has 0 radical (unpaired) electrons. The fraction of sp³-hybridized carbons (Fsp3) is 0.423. The Bertz CT molecular complexity index is 1180. The molecule has 1 aromatic heterocycles. The summed E-state index contributed by atoms with van der Waals surface area (Å²) in [6.07, 6.45) is 7.04. The van der Waals surface area contributed by atoms with Crippen LogP contribution < -0.4 is 4.90 Å². The van der Waals surface area contributed by atoms with Crippen LogP contribution in [0.25, 0.3) is 0 Å². The normalized spacial score (nSPS) is 19.6. The highest BCUT2D eigenvalue weighted by Crippen LogP contribution is 2.33. The average molecular weight is 516 g/mol. The van der Waals surface area contributed by atoms with Gasteiger partial charge < -0.3 is 10.0 Å². The summed E-state index contributed by atoms with van der Waals surface area (Å²) in [7, 11) is 0. The molecule has 35 heavy (non-hydrogen) atoms. The summed E-state index contributed by atoms with van der Waals surface area (Å²) >= 11 is 12.3. The Kier molecular flexibility index (Phi) is 7.87. The molecule has 1 fully saturated rings. The molecular formula is C26H27Cl2N3O4. The van der Waals surface area contributed by atoms with Crippen LogP contribution in [0.5, 0.6) is 0 Å². The lowest BCUT2D eigenvalue weighted by molar-refractivity contribution is -0.138. The first-order chi connectivity index (χ1) is 16.8. The van der Waals surface area contributed by atoms with Crippen LogP contribution in [0, 0.1) is 5.92 Å². The highest BCUT2D eigenvalue weighted by Gasteiger charge is 2.30. The zero-order valence-electron chi connectivity index (χ0n) is 19.5. The average Bonchev–Trinajstić information content (AvgIpc) is 3.21. The molecular weight excluding hydrogens is 489 g/mol. The number of amides is 1. The van der Waals surface area contributed by atoms with Crippen LogP contribution in [0.1, 0.15) is 60.5 Å². The number of halogens is 2. The predicted molar refractivity (Wildman–Crippen MR) is 136 cm³/mol. The Labute approximate surface area is 214 Å². The largest absolute Gasteiger partial charge is 0.480 e. The number of carbonyl (C=O) groups excluding carboxylic acids is 2. The molecule has 4 rings (SSSR count). The van der Waals surface area contributed by atoms with Crippen molar-refractivity contribution in [3.05, 3.63) is 57.3 Å². The molecule has 1 aliphatic carbocycles. The number of aliphatic carboxylic acids is 1. The van der Waals surface area contributed by atoms with E-state index >= 15 is 0 Å². The standard InChI is InChI=1S/C26H27Cl2N3O4/c1-2-3-15-9-18(12-19(32)10-15)30-22(26(34)35)11-16-4-5-23-17(8-16)6-7-31(23)25(33)24-20(27)13-29-14-21(24)28/h4-5,8,13-15,22H,2-3,6-7,9-12H2,1H3,(H,34,35). The molecule has 1 aliphatic heterocycles. The Morgan fingerprint density at radius 3 is 2.66 bits per heavy atom. The molecule has 1 saturated carbocycles. The van der Waals surface area contributed by atoms with Gasteiger partial charge in [-0.1, -0.05) is 48.7 Å². The topological polar surface area (TPSA) is 99.9 Å². The maximum atomic E-state index is 13.1. The van der Waals surface area contributed by atoms with E-state index in [-0.39, 0.29) is 46.1 Å². The zero-order valence-corrected chi connectivity index (χ0v) is 21.0. The molecule has 2 aromatic rings. The van der Waals surface area contributed by atoms with Crippen LogP contribution in [0.3, 0.4) is 0 Å². The van der Waals surface area contributed by atoms with Crippen LogP contribution in [0.4, 0.5) is 5.69 Å². The van der Waals surface area contributed by atoms with Crippen molar-refractivity contribution in [2.45, 2.75) is 57.9 Å². The van der Waals surface area contributed by atoms with Gasteiger partial charge in [-0.15, -0.1) is 0 Å². The fourth-order valence-corrected chi connectivity index (χ4v) is 5.51. The number of aliphatic imine (C=N–C) groups is 1. The second-order valence-electron chi connectivity index (χ2n) is 9.18. The molecule has 0 bridgehead atoms. The minimum Gasteiger partial charge on any atom is -0.480 e. The van der Waals surface area contributed by atoms with Crippen molar-refractivity contribution < 1.29 is 19.5 Å². The third-order valence-electron chi connectivity index (χ3n) is 6.54. The number of fused-ring (bicyclic) bond motifs is 1. The quantitative estimate of drug-likeness (QED) is 0.546. The second-order valence-corrected chi connectivity index (χ2v) is 9.99. The minimum absolute atomic E-state index is 0.134. The van der Waals surface area contributed by atoms with Gasteiger partial charge in [-0.2, -0.15) is 0 Å². The first kappa shape index (κ1) is 25.3. The number of carboxylic acid groups (broad SMARTS) is 1. The molecule has 184 valence electrons. The van der Waals surface area contributed by atoms with E-state index in [1.165, 1.54) is 12.4 Å². The lowest BCUT2D eigenvalue weighted by atomic mass is 9.84. The molecule has 1 amide bonds. The van der Waals surface area contributed by atoms with E-state index in [4.69, 9.17) is 23.2 Å². The first-order valence-electron chi connectivity index (χ1n) is 11.8. The van der Waals surface area contributed by atoms with Gasteiger partial charge in [0, 0.05) is 49.6 Å². The molecule has 1 N–H and O–H groups in total. The molecule has 2 heterocycles. The van der Waals surface area contributed by atoms with Crippen molar-refractivity contribution in [3.8, 4) is 0 Å². The first-order valence-corrected chi connectivity index (χ1v) is 12.5. The van der Waals surface area contributed by atoms with E-state index in [1.54, 1.807) is 4.90 Å². The minimum atomic E-state index is -1.01. The van der Waals surface area contributed by atoms with Crippen LogP contribution in [-0.4, -0.2) is 46.0 Å². The molecule has 0 spiro atoms. The van der Waals surface area contributed by atoms with Crippen LogP contribution >= 0.6 is 23.2 Å². The maximum Gasteiger partial charge on any atom is 0.328 e. The Balaban J connectivity index is 1.52. The number of carbonyl (C=O) groups is 3. The number of hydrogen-bond acceptors (Lipinski definition) is 5. The van der Waals surface area contributed by atoms with E-state index in [0.717, 1.165) is 29.7 Å². The van der Waals surface area contributed by atoms with E-state index in [9.17, 15) is 19.5 Å². The molecule has 2 aliphatic rings. The second kappa shape index (κ2) is 10.9. The molecule has 7 nitrogen and oxygen atoms in total. The number of rotatable bonds is 7. The summed E-state index contributed by atoms with van der Waals surface area (Å²) in [6, 6.07) is 4.62. The van der Waals surface area contributed by atoms with E-state index in [1.807, 2.05) is 18.2 Å². The Morgan fingerprint density at radius 2 is 1.97 bits per heavy atom. The van der Waals surface area contributed by atoms with Gasteiger partial charge in [0.25, 0.3) is 5.91 Å². The van der Waals surface area contributed by atoms with Gasteiger partial charge in [0.2, 0.25) is 0 Å². The maximum absolute atomic E-state index is 13.1.